The number of hydrogen-bond acceptors (Lipinski definition) is 2. The third-order valence-corrected chi connectivity index (χ3v) is 2.91. The van der Waals surface area contributed by atoms with E-state index in [1.807, 2.05) is 18.7 Å². The standard InChI is InChI=1S/C13H15F2N3/c1-9-11(8-17-18(9)6-5-16-2)10-3-4-12(14)13(15)7-10/h3-4,7-8,16H,5-6H2,1-2H3. The fraction of sp³-hybridized carbons (Fsp3) is 0.308. The van der Waals surface area contributed by atoms with Gasteiger partial charge in [-0.15, -0.1) is 0 Å². The summed E-state index contributed by atoms with van der Waals surface area (Å²) >= 11 is 0. The van der Waals surface area contributed by atoms with Crippen LogP contribution in [0.1, 0.15) is 5.69 Å². The van der Waals surface area contributed by atoms with Crippen molar-refractivity contribution < 1.29 is 8.78 Å². The van der Waals surface area contributed by atoms with Crippen molar-refractivity contribution >= 4 is 0 Å². The molecule has 0 atom stereocenters. The van der Waals surface area contributed by atoms with E-state index in [0.717, 1.165) is 30.4 Å². The van der Waals surface area contributed by atoms with Gasteiger partial charge in [-0.1, -0.05) is 6.07 Å². The minimum atomic E-state index is -0.838. The average Bonchev–Trinajstić information content (AvgIpc) is 2.72. The molecule has 0 aliphatic rings. The van der Waals surface area contributed by atoms with Crippen LogP contribution in [-0.4, -0.2) is 23.4 Å². The Hall–Kier alpha value is -1.75. The Morgan fingerprint density at radius 2 is 2.06 bits per heavy atom. The first-order valence-electron chi connectivity index (χ1n) is 5.76. The van der Waals surface area contributed by atoms with E-state index in [2.05, 4.69) is 10.4 Å². The second-order valence-electron chi connectivity index (χ2n) is 4.10. The largest absolute Gasteiger partial charge is 0.318 e. The van der Waals surface area contributed by atoms with Crippen LogP contribution >= 0.6 is 0 Å². The van der Waals surface area contributed by atoms with Gasteiger partial charge in [0.2, 0.25) is 0 Å². The van der Waals surface area contributed by atoms with Crippen molar-refractivity contribution in [2.45, 2.75) is 13.5 Å². The average molecular weight is 251 g/mol. The number of halogens is 2. The molecule has 3 nitrogen and oxygen atoms in total. The molecule has 1 N–H and O–H groups in total. The maximum Gasteiger partial charge on any atom is 0.159 e. The highest BCUT2D eigenvalue weighted by Crippen LogP contribution is 2.24. The molecule has 0 aliphatic carbocycles. The molecule has 0 saturated carbocycles. The van der Waals surface area contributed by atoms with Crippen LogP contribution in [0.25, 0.3) is 11.1 Å². The summed E-state index contributed by atoms with van der Waals surface area (Å²) in [6, 6.07) is 3.89. The molecule has 2 rings (SSSR count). The van der Waals surface area contributed by atoms with E-state index in [9.17, 15) is 8.78 Å². The first kappa shape index (κ1) is 12.7. The monoisotopic (exact) mass is 251 g/mol. The zero-order valence-corrected chi connectivity index (χ0v) is 10.4. The van der Waals surface area contributed by atoms with Gasteiger partial charge in [0.05, 0.1) is 12.7 Å². The van der Waals surface area contributed by atoms with Crippen LogP contribution in [0, 0.1) is 18.6 Å². The Morgan fingerprint density at radius 1 is 1.28 bits per heavy atom. The molecule has 1 aromatic carbocycles. The van der Waals surface area contributed by atoms with E-state index < -0.39 is 11.6 Å². The predicted octanol–water partition coefficient (Wildman–Crippen LogP) is 2.36. The second kappa shape index (κ2) is 5.27. The van der Waals surface area contributed by atoms with Gasteiger partial charge in [-0.05, 0) is 31.7 Å². The minimum absolute atomic E-state index is 0.641. The molecule has 0 unspecified atom stereocenters. The summed E-state index contributed by atoms with van der Waals surface area (Å²) in [5, 5.41) is 7.28. The van der Waals surface area contributed by atoms with Crippen LogP contribution in [0.5, 0.6) is 0 Å². The van der Waals surface area contributed by atoms with E-state index in [1.165, 1.54) is 6.07 Å². The molecule has 0 fully saturated rings. The van der Waals surface area contributed by atoms with Crippen molar-refractivity contribution in [1.29, 1.82) is 0 Å². The first-order chi connectivity index (χ1) is 8.63. The Kier molecular flexibility index (Phi) is 3.72. The number of aromatic nitrogens is 2. The molecule has 1 aromatic heterocycles. The highest BCUT2D eigenvalue weighted by molar-refractivity contribution is 5.65. The minimum Gasteiger partial charge on any atom is -0.318 e. The molecule has 96 valence electrons. The molecule has 0 aliphatic heterocycles. The lowest BCUT2D eigenvalue weighted by Gasteiger charge is -2.05. The van der Waals surface area contributed by atoms with Crippen LogP contribution in [0.15, 0.2) is 24.4 Å². The van der Waals surface area contributed by atoms with Gasteiger partial charge >= 0.3 is 0 Å². The van der Waals surface area contributed by atoms with Crippen molar-refractivity contribution in [2.24, 2.45) is 0 Å². The molecule has 0 spiro atoms. The first-order valence-corrected chi connectivity index (χ1v) is 5.76. The van der Waals surface area contributed by atoms with Crippen LogP contribution in [-0.2, 0) is 6.54 Å². The Morgan fingerprint density at radius 3 is 2.72 bits per heavy atom. The number of nitrogens with zero attached hydrogens (tertiary/aromatic N) is 2. The highest BCUT2D eigenvalue weighted by Gasteiger charge is 2.10. The highest BCUT2D eigenvalue weighted by atomic mass is 19.2. The van der Waals surface area contributed by atoms with Crippen LogP contribution in [0.3, 0.4) is 0 Å². The third kappa shape index (κ3) is 2.41. The van der Waals surface area contributed by atoms with Gasteiger partial charge < -0.3 is 5.32 Å². The summed E-state index contributed by atoms with van der Waals surface area (Å²) in [5.41, 5.74) is 2.41. The summed E-state index contributed by atoms with van der Waals surface area (Å²) < 4.78 is 27.9. The lowest BCUT2D eigenvalue weighted by Crippen LogP contribution is -2.16. The maximum absolute atomic E-state index is 13.2. The lowest BCUT2D eigenvalue weighted by atomic mass is 10.1. The number of likely N-dealkylation sites (N-methyl/N-ethyl adjacent to an activating group) is 1. The van der Waals surface area contributed by atoms with Crippen molar-refractivity contribution in [1.82, 2.24) is 15.1 Å². The van der Waals surface area contributed by atoms with Crippen LogP contribution in [0.4, 0.5) is 8.78 Å². The van der Waals surface area contributed by atoms with Gasteiger partial charge in [0, 0.05) is 17.8 Å². The molecular formula is C13H15F2N3. The molecule has 5 heteroatoms. The summed E-state index contributed by atoms with van der Waals surface area (Å²) in [6.07, 6.45) is 1.68. The summed E-state index contributed by atoms with van der Waals surface area (Å²) in [4.78, 5) is 0. The quantitative estimate of drug-likeness (QED) is 0.904. The van der Waals surface area contributed by atoms with E-state index >= 15 is 0 Å². The molecule has 0 radical (unpaired) electrons. The van der Waals surface area contributed by atoms with Crippen molar-refractivity contribution in [3.63, 3.8) is 0 Å². The SMILES string of the molecule is CNCCn1ncc(-c2ccc(F)c(F)c2)c1C. The van der Waals surface area contributed by atoms with E-state index in [4.69, 9.17) is 0 Å². The van der Waals surface area contributed by atoms with Gasteiger partial charge in [-0.3, -0.25) is 4.68 Å². The lowest BCUT2D eigenvalue weighted by molar-refractivity contribution is 0.509. The third-order valence-electron chi connectivity index (χ3n) is 2.91. The predicted molar refractivity (Wildman–Crippen MR) is 66.2 cm³/mol. The summed E-state index contributed by atoms with van der Waals surface area (Å²) in [6.45, 7) is 3.46. The molecule has 18 heavy (non-hydrogen) atoms. The molecule has 0 bridgehead atoms. The fourth-order valence-electron chi connectivity index (χ4n) is 1.84. The number of benzene rings is 1. The van der Waals surface area contributed by atoms with Crippen molar-refractivity contribution in [3.8, 4) is 11.1 Å². The fourth-order valence-corrected chi connectivity index (χ4v) is 1.84. The number of nitrogens with one attached hydrogen (secondary N) is 1. The van der Waals surface area contributed by atoms with Crippen molar-refractivity contribution in [2.75, 3.05) is 13.6 Å². The van der Waals surface area contributed by atoms with Gasteiger partial charge in [-0.25, -0.2) is 8.78 Å². The maximum atomic E-state index is 13.2. The van der Waals surface area contributed by atoms with Crippen molar-refractivity contribution in [3.05, 3.63) is 41.7 Å². The van der Waals surface area contributed by atoms with Crippen LogP contribution in [0.2, 0.25) is 0 Å². The molecule has 1 heterocycles. The van der Waals surface area contributed by atoms with Gasteiger partial charge in [0.25, 0.3) is 0 Å². The van der Waals surface area contributed by atoms with Crippen LogP contribution < -0.4 is 5.32 Å². The summed E-state index contributed by atoms with van der Waals surface area (Å²) in [7, 11) is 1.87. The smallest absolute Gasteiger partial charge is 0.159 e. The Bertz CT molecular complexity index is 549. The number of hydrogen-bond donors (Lipinski definition) is 1. The second-order valence-corrected chi connectivity index (χ2v) is 4.10. The number of rotatable bonds is 4. The van der Waals surface area contributed by atoms with E-state index in [-0.39, 0.29) is 0 Å². The Labute approximate surface area is 104 Å². The molecule has 2 aromatic rings. The molecule has 0 amide bonds. The molecular weight excluding hydrogens is 236 g/mol. The van der Waals surface area contributed by atoms with Gasteiger partial charge in [0.1, 0.15) is 0 Å². The zero-order chi connectivity index (χ0) is 13.1. The normalized spacial score (nSPS) is 10.9. The van der Waals surface area contributed by atoms with E-state index in [1.54, 1.807) is 12.3 Å². The van der Waals surface area contributed by atoms with Gasteiger partial charge in [-0.2, -0.15) is 5.10 Å². The zero-order valence-electron chi connectivity index (χ0n) is 10.4. The van der Waals surface area contributed by atoms with Gasteiger partial charge in [0.15, 0.2) is 11.6 Å². The van der Waals surface area contributed by atoms with E-state index in [0.29, 0.717) is 5.56 Å². The summed E-state index contributed by atoms with van der Waals surface area (Å²) in [5.74, 6) is -1.67. The topological polar surface area (TPSA) is 29.9 Å². The Balaban J connectivity index is 2.33. The molecule has 0 saturated heterocycles.